The third-order valence-corrected chi connectivity index (χ3v) is 5.72. The van der Waals surface area contributed by atoms with Crippen LogP contribution in [0.4, 0.5) is 4.39 Å². The van der Waals surface area contributed by atoms with Gasteiger partial charge < -0.3 is 15.3 Å². The Labute approximate surface area is 163 Å². The zero-order valence-electron chi connectivity index (χ0n) is 17.0. The predicted molar refractivity (Wildman–Crippen MR) is 106 cm³/mol. The molecule has 27 heavy (non-hydrogen) atoms. The number of aliphatic hydroxyl groups is 2. The van der Waals surface area contributed by atoms with Crippen LogP contribution in [0.15, 0.2) is 24.3 Å². The Balaban J connectivity index is 2.61. The average Bonchev–Trinajstić information content (AvgIpc) is 2.86. The first kappa shape index (κ1) is 23.8. The van der Waals surface area contributed by atoms with E-state index in [-0.39, 0.29) is 30.1 Å². The maximum Gasteiger partial charge on any atom is 0.303 e. The Hall–Kier alpha value is -1.20. The van der Waals surface area contributed by atoms with Gasteiger partial charge in [-0.3, -0.25) is 4.79 Å². The average molecular weight is 385 g/mol. The van der Waals surface area contributed by atoms with E-state index in [4.69, 9.17) is 5.11 Å². The molecule has 1 aliphatic carbocycles. The number of carboxylic acid groups (broad SMARTS) is 1. The van der Waals surface area contributed by atoms with Crippen LogP contribution in [0.2, 0.25) is 0 Å². The quantitative estimate of drug-likeness (QED) is 0.428. The van der Waals surface area contributed by atoms with Gasteiger partial charge in [0.25, 0.3) is 0 Å². The van der Waals surface area contributed by atoms with Crippen LogP contribution in [0, 0.1) is 17.3 Å². The van der Waals surface area contributed by atoms with Crippen LogP contribution in [0.25, 0.3) is 0 Å². The highest BCUT2D eigenvalue weighted by atomic mass is 19.1. The number of carbonyl (C=O) groups is 1. The molecule has 0 amide bonds. The number of unbranched alkanes of at least 4 members (excludes halogenated alkanes) is 1. The topological polar surface area (TPSA) is 77.8 Å². The molecule has 0 bridgehead atoms. The van der Waals surface area contributed by atoms with Gasteiger partial charge in [-0.05, 0) is 37.0 Å². The molecule has 1 rings (SSSR count). The Bertz CT molecular complexity index is 501. The standard InChI is InChI=1S/C22H37FO4/c1-4-5-14-22(2,3)20(25)13-12-17-16(18(23)15-19(17)24)10-8-6-7-9-11-21(26)27/h6-7,12-13,16-20,24-25H,4-5,8-11,14-15H2,1-3H3,(H,26,27)/b7-6-,13-12+/t16-,17-,18-,19-,20-/m1/s1. The van der Waals surface area contributed by atoms with Crippen LogP contribution in [-0.4, -0.2) is 39.7 Å². The van der Waals surface area contributed by atoms with Crippen molar-refractivity contribution in [3.8, 4) is 0 Å². The Kier molecular flexibility index (Phi) is 10.2. The van der Waals surface area contributed by atoms with E-state index in [0.717, 1.165) is 19.3 Å². The van der Waals surface area contributed by atoms with Crippen molar-refractivity contribution in [3.05, 3.63) is 24.3 Å². The fourth-order valence-corrected chi connectivity index (χ4v) is 3.74. The summed E-state index contributed by atoms with van der Waals surface area (Å²) in [7, 11) is 0. The molecule has 0 unspecified atom stereocenters. The SMILES string of the molecule is CCCCC(C)(C)[C@H](O)/C=C/[C@@H]1[C@@H](CC/C=C\CCC(=O)O)[C@H](F)C[C@H]1O. The van der Waals surface area contributed by atoms with Crippen molar-refractivity contribution in [2.45, 2.75) is 90.5 Å². The molecule has 0 aromatic carbocycles. The highest BCUT2D eigenvalue weighted by Crippen LogP contribution is 2.39. The molecular weight excluding hydrogens is 347 g/mol. The second-order valence-corrected chi connectivity index (χ2v) is 8.46. The summed E-state index contributed by atoms with van der Waals surface area (Å²) in [6.07, 6.45) is 9.88. The Morgan fingerprint density at radius 2 is 1.96 bits per heavy atom. The van der Waals surface area contributed by atoms with Gasteiger partial charge >= 0.3 is 5.97 Å². The summed E-state index contributed by atoms with van der Waals surface area (Å²) in [5.74, 6) is -1.39. The monoisotopic (exact) mass is 384 g/mol. The maximum absolute atomic E-state index is 14.3. The first-order valence-electron chi connectivity index (χ1n) is 10.2. The van der Waals surface area contributed by atoms with Crippen molar-refractivity contribution >= 4 is 5.97 Å². The van der Waals surface area contributed by atoms with Crippen LogP contribution >= 0.6 is 0 Å². The second-order valence-electron chi connectivity index (χ2n) is 8.46. The summed E-state index contributed by atoms with van der Waals surface area (Å²) >= 11 is 0. The molecule has 5 heteroatoms. The van der Waals surface area contributed by atoms with Gasteiger partial charge in [-0.2, -0.15) is 0 Å². The van der Waals surface area contributed by atoms with E-state index in [0.29, 0.717) is 19.3 Å². The van der Waals surface area contributed by atoms with Gasteiger partial charge in [-0.15, -0.1) is 0 Å². The summed E-state index contributed by atoms with van der Waals surface area (Å²) in [6, 6.07) is 0. The normalized spacial score (nSPS) is 27.6. The van der Waals surface area contributed by atoms with E-state index in [1.807, 2.05) is 26.0 Å². The van der Waals surface area contributed by atoms with Crippen molar-refractivity contribution in [1.29, 1.82) is 0 Å². The Morgan fingerprint density at radius 1 is 1.30 bits per heavy atom. The number of hydrogen-bond donors (Lipinski definition) is 3. The van der Waals surface area contributed by atoms with E-state index < -0.39 is 24.3 Å². The minimum Gasteiger partial charge on any atom is -0.481 e. The fourth-order valence-electron chi connectivity index (χ4n) is 3.74. The summed E-state index contributed by atoms with van der Waals surface area (Å²) in [5, 5.41) is 29.3. The van der Waals surface area contributed by atoms with Crippen molar-refractivity contribution in [2.24, 2.45) is 17.3 Å². The third kappa shape index (κ3) is 8.14. The molecule has 4 nitrogen and oxygen atoms in total. The molecule has 0 spiro atoms. The molecule has 1 aliphatic rings. The largest absolute Gasteiger partial charge is 0.481 e. The molecule has 1 saturated carbocycles. The first-order chi connectivity index (χ1) is 12.7. The van der Waals surface area contributed by atoms with E-state index in [9.17, 15) is 19.4 Å². The van der Waals surface area contributed by atoms with Crippen LogP contribution in [0.3, 0.4) is 0 Å². The molecule has 0 heterocycles. The van der Waals surface area contributed by atoms with E-state index >= 15 is 0 Å². The van der Waals surface area contributed by atoms with Crippen LogP contribution in [-0.2, 0) is 4.79 Å². The summed E-state index contributed by atoms with van der Waals surface area (Å²) < 4.78 is 14.3. The van der Waals surface area contributed by atoms with Gasteiger partial charge in [0.05, 0.1) is 12.2 Å². The van der Waals surface area contributed by atoms with Gasteiger partial charge in [0.2, 0.25) is 0 Å². The van der Waals surface area contributed by atoms with E-state index in [1.54, 1.807) is 12.2 Å². The molecule has 156 valence electrons. The molecule has 0 aromatic rings. The van der Waals surface area contributed by atoms with Crippen LogP contribution in [0.5, 0.6) is 0 Å². The molecule has 5 atom stereocenters. The predicted octanol–water partition coefficient (Wildman–Crippen LogP) is 4.66. The highest BCUT2D eigenvalue weighted by Gasteiger charge is 2.41. The lowest BCUT2D eigenvalue weighted by atomic mass is 9.80. The molecule has 0 aliphatic heterocycles. The van der Waals surface area contributed by atoms with Crippen molar-refractivity contribution in [3.63, 3.8) is 0 Å². The first-order valence-corrected chi connectivity index (χ1v) is 10.2. The molecule has 1 fully saturated rings. The van der Waals surface area contributed by atoms with Gasteiger partial charge in [0, 0.05) is 18.8 Å². The third-order valence-electron chi connectivity index (χ3n) is 5.72. The number of rotatable bonds is 12. The van der Waals surface area contributed by atoms with Crippen molar-refractivity contribution in [2.75, 3.05) is 0 Å². The number of allylic oxidation sites excluding steroid dienone is 2. The number of alkyl halides is 1. The molecule has 0 saturated heterocycles. The summed E-state index contributed by atoms with van der Waals surface area (Å²) in [4.78, 5) is 10.5. The molecule has 0 radical (unpaired) electrons. The zero-order chi connectivity index (χ0) is 20.4. The maximum atomic E-state index is 14.3. The number of aliphatic hydroxyl groups excluding tert-OH is 2. The number of hydrogen-bond acceptors (Lipinski definition) is 3. The van der Waals surface area contributed by atoms with Crippen molar-refractivity contribution < 1.29 is 24.5 Å². The van der Waals surface area contributed by atoms with Crippen LogP contribution < -0.4 is 0 Å². The number of halogens is 1. The molecular formula is C22H37FO4. The Morgan fingerprint density at radius 3 is 2.59 bits per heavy atom. The summed E-state index contributed by atoms with van der Waals surface area (Å²) in [5.41, 5.74) is -0.243. The lowest BCUT2D eigenvalue weighted by Gasteiger charge is -2.29. The van der Waals surface area contributed by atoms with E-state index in [1.165, 1.54) is 0 Å². The second kappa shape index (κ2) is 11.6. The lowest BCUT2D eigenvalue weighted by molar-refractivity contribution is -0.136. The summed E-state index contributed by atoms with van der Waals surface area (Å²) in [6.45, 7) is 6.18. The minimum absolute atomic E-state index is 0.0987. The van der Waals surface area contributed by atoms with Gasteiger partial charge in [-0.1, -0.05) is 57.9 Å². The number of carboxylic acids is 1. The van der Waals surface area contributed by atoms with Crippen molar-refractivity contribution in [1.82, 2.24) is 0 Å². The number of aliphatic carboxylic acids is 1. The van der Waals surface area contributed by atoms with E-state index in [2.05, 4.69) is 6.92 Å². The van der Waals surface area contributed by atoms with Crippen LogP contribution in [0.1, 0.15) is 72.1 Å². The van der Waals surface area contributed by atoms with Gasteiger partial charge in [0.1, 0.15) is 6.17 Å². The molecule has 0 aromatic heterocycles. The lowest BCUT2D eigenvalue weighted by Crippen LogP contribution is -2.28. The fraction of sp³-hybridized carbons (Fsp3) is 0.773. The smallest absolute Gasteiger partial charge is 0.303 e. The molecule has 3 N–H and O–H groups in total. The zero-order valence-corrected chi connectivity index (χ0v) is 17.0. The highest BCUT2D eigenvalue weighted by molar-refractivity contribution is 5.66. The minimum atomic E-state index is -1.05. The van der Waals surface area contributed by atoms with Gasteiger partial charge in [-0.25, -0.2) is 4.39 Å². The van der Waals surface area contributed by atoms with Gasteiger partial charge in [0.15, 0.2) is 0 Å².